The van der Waals surface area contributed by atoms with E-state index in [0.29, 0.717) is 0 Å². The quantitative estimate of drug-likeness (QED) is 0.114. The van der Waals surface area contributed by atoms with Crippen molar-refractivity contribution in [3.63, 3.8) is 0 Å². The van der Waals surface area contributed by atoms with Gasteiger partial charge in [-0.05, 0) is 18.4 Å². The van der Waals surface area contributed by atoms with Crippen molar-refractivity contribution in [3.05, 3.63) is 48.0 Å². The van der Waals surface area contributed by atoms with Gasteiger partial charge in [0.2, 0.25) is 0 Å². The van der Waals surface area contributed by atoms with Crippen molar-refractivity contribution >= 4 is 11.9 Å². The van der Waals surface area contributed by atoms with E-state index in [4.69, 9.17) is 9.84 Å². The number of carbonyl (C=O) groups is 2. The second-order valence-corrected chi connectivity index (χ2v) is 9.11. The van der Waals surface area contributed by atoms with Gasteiger partial charge < -0.3 is 9.84 Å². The number of allylic oxidation sites excluding steroid dienone is 1. The number of ether oxygens (including phenoxy) is 1. The summed E-state index contributed by atoms with van der Waals surface area (Å²) in [7, 11) is 0. The topological polar surface area (TPSA) is 63.6 Å². The maximum atomic E-state index is 12.3. The summed E-state index contributed by atoms with van der Waals surface area (Å²) in [5.41, 5.74) is 0.895. The van der Waals surface area contributed by atoms with Crippen LogP contribution in [-0.2, 0) is 20.9 Å². The number of hydrogen-bond acceptors (Lipinski definition) is 3. The molecule has 1 atom stereocenters. The normalized spacial score (nSPS) is 12.2. The van der Waals surface area contributed by atoms with Crippen LogP contribution in [0.15, 0.2) is 42.5 Å². The van der Waals surface area contributed by atoms with Crippen LogP contribution in [0.1, 0.15) is 115 Å². The van der Waals surface area contributed by atoms with Crippen LogP contribution in [0.4, 0.5) is 0 Å². The molecule has 0 aliphatic carbocycles. The molecule has 1 unspecified atom stereocenters. The highest BCUT2D eigenvalue weighted by Crippen LogP contribution is 2.15. The highest BCUT2D eigenvalue weighted by atomic mass is 16.5. The van der Waals surface area contributed by atoms with Gasteiger partial charge in [0.15, 0.2) is 0 Å². The van der Waals surface area contributed by atoms with Crippen molar-refractivity contribution in [2.75, 3.05) is 0 Å². The van der Waals surface area contributed by atoms with Gasteiger partial charge in [-0.1, -0.05) is 133 Å². The fourth-order valence-corrected chi connectivity index (χ4v) is 3.97. The molecule has 4 heteroatoms. The molecule has 186 valence electrons. The zero-order chi connectivity index (χ0) is 24.0. The predicted molar refractivity (Wildman–Crippen MR) is 136 cm³/mol. The lowest BCUT2D eigenvalue weighted by molar-refractivity contribution is -0.152. The maximum Gasteiger partial charge on any atom is 0.313 e. The van der Waals surface area contributed by atoms with E-state index < -0.39 is 17.9 Å². The average Bonchev–Trinajstić information content (AvgIpc) is 2.82. The Labute approximate surface area is 201 Å². The SMILES string of the molecule is CCCCCCCCCCCCCCCC/C=C/C(CC(=O)O)C(=O)OCc1ccccc1. The Kier molecular flexibility index (Phi) is 18.0. The van der Waals surface area contributed by atoms with Crippen molar-refractivity contribution < 1.29 is 19.4 Å². The summed E-state index contributed by atoms with van der Waals surface area (Å²) in [6.45, 7) is 2.43. The van der Waals surface area contributed by atoms with Crippen molar-refractivity contribution in [1.29, 1.82) is 0 Å². The Hall–Kier alpha value is -2.10. The van der Waals surface area contributed by atoms with Crippen molar-refractivity contribution in [1.82, 2.24) is 0 Å². The zero-order valence-electron chi connectivity index (χ0n) is 20.8. The molecule has 0 saturated heterocycles. The molecular formula is C29H46O4. The summed E-state index contributed by atoms with van der Waals surface area (Å²) in [5, 5.41) is 9.11. The third kappa shape index (κ3) is 17.1. The molecular weight excluding hydrogens is 412 g/mol. The lowest BCUT2D eigenvalue weighted by Gasteiger charge is -2.11. The van der Waals surface area contributed by atoms with E-state index in [-0.39, 0.29) is 13.0 Å². The Morgan fingerprint density at radius 3 is 1.85 bits per heavy atom. The van der Waals surface area contributed by atoms with Gasteiger partial charge in [-0.15, -0.1) is 0 Å². The van der Waals surface area contributed by atoms with Gasteiger partial charge >= 0.3 is 11.9 Å². The van der Waals surface area contributed by atoms with Gasteiger partial charge in [0.25, 0.3) is 0 Å². The number of carbonyl (C=O) groups excluding carboxylic acids is 1. The first-order chi connectivity index (χ1) is 16.1. The van der Waals surface area contributed by atoms with Crippen molar-refractivity contribution in [3.8, 4) is 0 Å². The fraction of sp³-hybridized carbons (Fsp3) is 0.655. The molecule has 4 nitrogen and oxygen atoms in total. The molecule has 0 bridgehead atoms. The molecule has 33 heavy (non-hydrogen) atoms. The number of benzene rings is 1. The minimum atomic E-state index is -0.988. The Morgan fingerprint density at radius 2 is 1.33 bits per heavy atom. The van der Waals surface area contributed by atoms with E-state index in [2.05, 4.69) is 6.92 Å². The fourth-order valence-electron chi connectivity index (χ4n) is 3.97. The van der Waals surface area contributed by atoms with E-state index in [1.165, 1.54) is 83.5 Å². The summed E-state index contributed by atoms with van der Waals surface area (Å²) >= 11 is 0. The maximum absolute atomic E-state index is 12.3. The molecule has 0 spiro atoms. The molecule has 0 aromatic heterocycles. The molecule has 0 aliphatic heterocycles. The molecule has 0 amide bonds. The van der Waals surface area contributed by atoms with Gasteiger partial charge in [-0.3, -0.25) is 9.59 Å². The number of carboxylic acids is 1. The summed E-state index contributed by atoms with van der Waals surface area (Å²) in [6, 6.07) is 9.43. The predicted octanol–water partition coefficient (Wildman–Crippen LogP) is 8.25. The number of esters is 1. The van der Waals surface area contributed by atoms with Gasteiger partial charge in [0, 0.05) is 0 Å². The van der Waals surface area contributed by atoms with Crippen LogP contribution in [0, 0.1) is 5.92 Å². The lowest BCUT2D eigenvalue weighted by Crippen LogP contribution is -2.19. The monoisotopic (exact) mass is 458 g/mol. The summed E-state index contributed by atoms with van der Waals surface area (Å²) in [6.07, 6.45) is 22.9. The van der Waals surface area contributed by atoms with Crippen LogP contribution in [-0.4, -0.2) is 17.0 Å². The van der Waals surface area contributed by atoms with Gasteiger partial charge in [0.1, 0.15) is 6.61 Å². The van der Waals surface area contributed by atoms with Gasteiger partial charge in [-0.2, -0.15) is 0 Å². The van der Waals surface area contributed by atoms with Crippen LogP contribution in [0.25, 0.3) is 0 Å². The minimum absolute atomic E-state index is 0.169. The van der Waals surface area contributed by atoms with Gasteiger partial charge in [0.05, 0.1) is 12.3 Å². The number of rotatable bonds is 21. The standard InChI is InChI=1S/C29H46O4/c1-2-3-4-5-6-7-8-9-10-11-12-13-14-15-16-20-23-27(24-28(30)31)29(32)33-25-26-21-18-17-19-22-26/h17-23,27H,2-16,24-25H2,1H3,(H,30,31)/b23-20+. The van der Waals surface area contributed by atoms with Crippen molar-refractivity contribution in [2.45, 2.75) is 116 Å². The van der Waals surface area contributed by atoms with Gasteiger partial charge in [-0.25, -0.2) is 0 Å². The molecule has 0 fully saturated rings. The number of unbranched alkanes of at least 4 members (excludes halogenated alkanes) is 14. The Bertz CT molecular complexity index is 638. The number of hydrogen-bond donors (Lipinski definition) is 1. The first-order valence-corrected chi connectivity index (χ1v) is 13.2. The van der Waals surface area contributed by atoms with Crippen LogP contribution in [0.2, 0.25) is 0 Å². The molecule has 0 aliphatic rings. The second-order valence-electron chi connectivity index (χ2n) is 9.11. The van der Waals surface area contributed by atoms with E-state index in [9.17, 15) is 9.59 Å². The average molecular weight is 459 g/mol. The summed E-state index contributed by atoms with van der Waals surface area (Å²) in [4.78, 5) is 23.4. The molecule has 1 aromatic rings. The lowest BCUT2D eigenvalue weighted by atomic mass is 10.0. The molecule has 0 radical (unpaired) electrons. The Morgan fingerprint density at radius 1 is 0.818 bits per heavy atom. The highest BCUT2D eigenvalue weighted by molar-refractivity contribution is 5.80. The number of aliphatic carboxylic acids is 1. The van der Waals surface area contributed by atoms with Crippen LogP contribution >= 0.6 is 0 Å². The molecule has 0 heterocycles. The Balaban J connectivity index is 2.07. The van der Waals surface area contributed by atoms with Crippen LogP contribution < -0.4 is 0 Å². The largest absolute Gasteiger partial charge is 0.481 e. The minimum Gasteiger partial charge on any atom is -0.481 e. The smallest absolute Gasteiger partial charge is 0.313 e. The number of carboxylic acid groups (broad SMARTS) is 1. The third-order valence-corrected chi connectivity index (χ3v) is 6.01. The van der Waals surface area contributed by atoms with Crippen molar-refractivity contribution in [2.24, 2.45) is 5.92 Å². The first-order valence-electron chi connectivity index (χ1n) is 13.2. The summed E-state index contributed by atoms with van der Waals surface area (Å²) < 4.78 is 5.32. The van der Waals surface area contributed by atoms with Crippen LogP contribution in [0.5, 0.6) is 0 Å². The van der Waals surface area contributed by atoms with E-state index in [1.54, 1.807) is 6.08 Å². The second kappa shape index (κ2) is 20.5. The highest BCUT2D eigenvalue weighted by Gasteiger charge is 2.20. The summed E-state index contributed by atoms with van der Waals surface area (Å²) in [5.74, 6) is -2.19. The van der Waals surface area contributed by atoms with Crippen LogP contribution in [0.3, 0.4) is 0 Å². The van der Waals surface area contributed by atoms with E-state index in [1.807, 2.05) is 36.4 Å². The van der Waals surface area contributed by atoms with E-state index >= 15 is 0 Å². The zero-order valence-corrected chi connectivity index (χ0v) is 20.8. The third-order valence-electron chi connectivity index (χ3n) is 6.01. The first kappa shape index (κ1) is 28.9. The molecule has 1 N–H and O–H groups in total. The molecule has 1 aromatic carbocycles. The molecule has 0 saturated carbocycles. The molecule has 1 rings (SSSR count). The van der Waals surface area contributed by atoms with E-state index in [0.717, 1.165) is 18.4 Å².